The van der Waals surface area contributed by atoms with Crippen LogP contribution in [0.4, 0.5) is 17.3 Å². The third-order valence-corrected chi connectivity index (χ3v) is 3.77. The normalized spacial score (nSPS) is 10.3. The number of nitrogen functional groups attached to an aromatic ring is 1. The summed E-state index contributed by atoms with van der Waals surface area (Å²) in [5.74, 6) is 6.83. The average molecular weight is 387 g/mol. The number of aromatic nitrogens is 2. The molecule has 19 heavy (non-hydrogen) atoms. The van der Waals surface area contributed by atoms with Crippen LogP contribution in [0.1, 0.15) is 12.5 Å². The van der Waals surface area contributed by atoms with Crippen molar-refractivity contribution >= 4 is 49.2 Å². The lowest BCUT2D eigenvalue weighted by Crippen LogP contribution is -2.13. The van der Waals surface area contributed by atoms with Crippen molar-refractivity contribution in [1.29, 1.82) is 0 Å². The number of anilines is 3. The van der Waals surface area contributed by atoms with Crippen molar-refractivity contribution in [3.63, 3.8) is 0 Å². The standard InChI is InChI=1S/C12H13Br2N5/c1-2-8-11(16-6-17-12(8)19-15)18-10-4-3-7(13)5-9(10)14/h3-6H,2,15H2,1H3,(H2,16,17,18,19). The second-order valence-corrected chi connectivity index (χ2v) is 5.57. The largest absolute Gasteiger partial charge is 0.339 e. The van der Waals surface area contributed by atoms with E-state index in [1.165, 1.54) is 6.33 Å². The van der Waals surface area contributed by atoms with Gasteiger partial charge in [0.1, 0.15) is 18.0 Å². The Morgan fingerprint density at radius 3 is 2.58 bits per heavy atom. The molecule has 7 heteroatoms. The van der Waals surface area contributed by atoms with E-state index in [0.29, 0.717) is 5.82 Å². The quantitative estimate of drug-likeness (QED) is 0.552. The molecular weight excluding hydrogens is 374 g/mol. The minimum atomic E-state index is 0.633. The lowest BCUT2D eigenvalue weighted by Gasteiger charge is -2.13. The van der Waals surface area contributed by atoms with Crippen LogP contribution < -0.4 is 16.6 Å². The summed E-state index contributed by atoms with van der Waals surface area (Å²) in [5.41, 5.74) is 4.46. The number of benzene rings is 1. The predicted octanol–water partition coefficient (Wildman–Crippen LogP) is 3.59. The highest BCUT2D eigenvalue weighted by atomic mass is 79.9. The first-order chi connectivity index (χ1) is 9.15. The van der Waals surface area contributed by atoms with Gasteiger partial charge in [0.15, 0.2) is 0 Å². The molecule has 0 aliphatic carbocycles. The number of nitrogens with one attached hydrogen (secondary N) is 2. The maximum absolute atomic E-state index is 5.45. The van der Waals surface area contributed by atoms with Gasteiger partial charge < -0.3 is 10.7 Å². The lowest BCUT2D eigenvalue weighted by molar-refractivity contribution is 1.04. The van der Waals surface area contributed by atoms with Gasteiger partial charge >= 0.3 is 0 Å². The molecule has 0 saturated carbocycles. The van der Waals surface area contributed by atoms with E-state index in [-0.39, 0.29) is 0 Å². The first-order valence-corrected chi connectivity index (χ1v) is 7.26. The van der Waals surface area contributed by atoms with E-state index < -0.39 is 0 Å². The summed E-state index contributed by atoms with van der Waals surface area (Å²) < 4.78 is 1.96. The minimum Gasteiger partial charge on any atom is -0.339 e. The van der Waals surface area contributed by atoms with Crippen LogP contribution in [0.2, 0.25) is 0 Å². The topological polar surface area (TPSA) is 75.9 Å². The minimum absolute atomic E-state index is 0.633. The van der Waals surface area contributed by atoms with Gasteiger partial charge in [-0.25, -0.2) is 15.8 Å². The molecule has 1 aromatic heterocycles. The van der Waals surface area contributed by atoms with Crippen molar-refractivity contribution in [2.75, 3.05) is 10.7 Å². The van der Waals surface area contributed by atoms with Crippen LogP contribution in [-0.4, -0.2) is 9.97 Å². The van der Waals surface area contributed by atoms with Crippen molar-refractivity contribution in [3.05, 3.63) is 39.0 Å². The molecule has 2 aromatic rings. The van der Waals surface area contributed by atoms with Crippen LogP contribution in [0.3, 0.4) is 0 Å². The number of hydrazine groups is 1. The van der Waals surface area contributed by atoms with Crippen LogP contribution in [0.15, 0.2) is 33.5 Å². The molecular formula is C12H13Br2N5. The Morgan fingerprint density at radius 2 is 1.95 bits per heavy atom. The molecule has 1 aromatic carbocycles. The average Bonchev–Trinajstić information content (AvgIpc) is 2.41. The van der Waals surface area contributed by atoms with E-state index >= 15 is 0 Å². The Labute approximate surface area is 128 Å². The second kappa shape index (κ2) is 6.31. The van der Waals surface area contributed by atoms with Gasteiger partial charge in [0, 0.05) is 14.5 Å². The fourth-order valence-electron chi connectivity index (χ4n) is 1.70. The van der Waals surface area contributed by atoms with E-state index in [1.54, 1.807) is 0 Å². The molecule has 100 valence electrons. The smallest absolute Gasteiger partial charge is 0.148 e. The van der Waals surface area contributed by atoms with Crippen molar-refractivity contribution in [3.8, 4) is 0 Å². The maximum atomic E-state index is 5.45. The SMILES string of the molecule is CCc1c(NN)ncnc1Nc1ccc(Br)cc1Br. The molecule has 1 heterocycles. The second-order valence-electron chi connectivity index (χ2n) is 3.80. The molecule has 0 atom stereocenters. The number of rotatable bonds is 4. The number of nitrogens with zero attached hydrogens (tertiary/aromatic N) is 2. The van der Waals surface area contributed by atoms with Gasteiger partial charge in [0.2, 0.25) is 0 Å². The highest BCUT2D eigenvalue weighted by Crippen LogP contribution is 2.30. The Bertz CT molecular complexity index is 588. The summed E-state index contributed by atoms with van der Waals surface area (Å²) in [6, 6.07) is 5.89. The van der Waals surface area contributed by atoms with E-state index in [1.807, 2.05) is 25.1 Å². The van der Waals surface area contributed by atoms with Gasteiger partial charge in [-0.15, -0.1) is 0 Å². The zero-order chi connectivity index (χ0) is 13.8. The van der Waals surface area contributed by atoms with Gasteiger partial charge in [-0.05, 0) is 40.5 Å². The fourth-order valence-corrected chi connectivity index (χ4v) is 2.84. The molecule has 2 rings (SSSR count). The number of hydrogen-bond donors (Lipinski definition) is 3. The van der Waals surface area contributed by atoms with Crippen LogP contribution in [-0.2, 0) is 6.42 Å². The Hall–Kier alpha value is -1.18. The third-order valence-electron chi connectivity index (χ3n) is 2.62. The van der Waals surface area contributed by atoms with Gasteiger partial charge in [0.25, 0.3) is 0 Å². The summed E-state index contributed by atoms with van der Waals surface area (Å²) in [5, 5.41) is 3.28. The molecule has 0 bridgehead atoms. The molecule has 0 amide bonds. The fraction of sp³-hybridized carbons (Fsp3) is 0.167. The first-order valence-electron chi connectivity index (χ1n) is 5.68. The van der Waals surface area contributed by atoms with E-state index in [9.17, 15) is 0 Å². The summed E-state index contributed by atoms with van der Waals surface area (Å²) in [6.45, 7) is 2.03. The van der Waals surface area contributed by atoms with Crippen molar-refractivity contribution < 1.29 is 0 Å². The Kier molecular flexibility index (Phi) is 4.73. The van der Waals surface area contributed by atoms with E-state index in [0.717, 1.165) is 32.4 Å². The van der Waals surface area contributed by atoms with Crippen molar-refractivity contribution in [2.24, 2.45) is 5.84 Å². The Morgan fingerprint density at radius 1 is 1.21 bits per heavy atom. The lowest BCUT2D eigenvalue weighted by atomic mass is 10.2. The third kappa shape index (κ3) is 3.23. The van der Waals surface area contributed by atoms with E-state index in [2.05, 4.69) is 52.6 Å². The molecule has 0 fully saturated rings. The number of nitrogens with two attached hydrogens (primary N) is 1. The molecule has 0 spiro atoms. The highest BCUT2D eigenvalue weighted by Gasteiger charge is 2.10. The van der Waals surface area contributed by atoms with Gasteiger partial charge in [-0.2, -0.15) is 0 Å². The first kappa shape index (κ1) is 14.2. The zero-order valence-corrected chi connectivity index (χ0v) is 13.4. The molecule has 4 N–H and O–H groups in total. The highest BCUT2D eigenvalue weighted by molar-refractivity contribution is 9.11. The monoisotopic (exact) mass is 385 g/mol. The molecule has 0 unspecified atom stereocenters. The van der Waals surface area contributed by atoms with Crippen LogP contribution in [0, 0.1) is 0 Å². The summed E-state index contributed by atoms with van der Waals surface area (Å²) in [4.78, 5) is 8.37. The van der Waals surface area contributed by atoms with Crippen LogP contribution in [0.5, 0.6) is 0 Å². The number of hydrogen-bond acceptors (Lipinski definition) is 5. The summed E-state index contributed by atoms with van der Waals surface area (Å²) in [6.07, 6.45) is 2.25. The Balaban J connectivity index is 2.37. The summed E-state index contributed by atoms with van der Waals surface area (Å²) >= 11 is 6.93. The molecule has 0 aliphatic heterocycles. The van der Waals surface area contributed by atoms with Crippen molar-refractivity contribution in [2.45, 2.75) is 13.3 Å². The zero-order valence-electron chi connectivity index (χ0n) is 10.2. The summed E-state index contributed by atoms with van der Waals surface area (Å²) in [7, 11) is 0. The van der Waals surface area contributed by atoms with Crippen molar-refractivity contribution in [1.82, 2.24) is 9.97 Å². The maximum Gasteiger partial charge on any atom is 0.148 e. The van der Waals surface area contributed by atoms with Gasteiger partial charge in [-0.1, -0.05) is 22.9 Å². The molecule has 0 radical (unpaired) electrons. The van der Waals surface area contributed by atoms with Crippen LogP contribution >= 0.6 is 31.9 Å². The number of halogens is 2. The predicted molar refractivity (Wildman–Crippen MR) is 84.3 cm³/mol. The van der Waals surface area contributed by atoms with E-state index in [4.69, 9.17) is 5.84 Å². The molecule has 0 saturated heterocycles. The molecule has 5 nitrogen and oxygen atoms in total. The van der Waals surface area contributed by atoms with Gasteiger partial charge in [-0.3, -0.25) is 0 Å². The van der Waals surface area contributed by atoms with Crippen LogP contribution in [0.25, 0.3) is 0 Å². The van der Waals surface area contributed by atoms with Gasteiger partial charge in [0.05, 0.1) is 5.69 Å². The molecule has 0 aliphatic rings.